The van der Waals surface area contributed by atoms with Gasteiger partial charge in [0.2, 0.25) is 0 Å². The number of aliphatic carboxylic acids is 1. The van der Waals surface area contributed by atoms with Crippen molar-refractivity contribution in [2.45, 2.75) is 18.8 Å². The van der Waals surface area contributed by atoms with Gasteiger partial charge >= 0.3 is 12.1 Å². The van der Waals surface area contributed by atoms with E-state index in [1.54, 1.807) is 30.3 Å². The van der Waals surface area contributed by atoms with Crippen LogP contribution in [0.5, 0.6) is 0 Å². The van der Waals surface area contributed by atoms with E-state index in [9.17, 15) is 19.1 Å². The van der Waals surface area contributed by atoms with Crippen molar-refractivity contribution in [3.63, 3.8) is 0 Å². The lowest BCUT2D eigenvalue weighted by molar-refractivity contribution is -0.200. The second kappa shape index (κ2) is 7.41. The first-order valence-corrected chi connectivity index (χ1v) is 5.63. The van der Waals surface area contributed by atoms with E-state index in [1.807, 2.05) is 0 Å². The molecule has 3 N–H and O–H groups in total. The van der Waals surface area contributed by atoms with Crippen LogP contribution >= 0.6 is 0 Å². The fourth-order valence-corrected chi connectivity index (χ4v) is 1.48. The summed E-state index contributed by atoms with van der Waals surface area (Å²) in [4.78, 5) is 26.8. The summed E-state index contributed by atoms with van der Waals surface area (Å²) in [6, 6.07) is 6.36. The van der Waals surface area contributed by atoms with Crippen LogP contribution < -0.4 is 0 Å². The van der Waals surface area contributed by atoms with Crippen molar-refractivity contribution in [2.75, 3.05) is 6.67 Å². The van der Waals surface area contributed by atoms with Gasteiger partial charge in [-0.05, 0) is 5.56 Å². The first-order chi connectivity index (χ1) is 9.47. The zero-order chi connectivity index (χ0) is 15.1. The maximum atomic E-state index is 12.4. The van der Waals surface area contributed by atoms with Crippen LogP contribution in [-0.4, -0.2) is 51.3 Å². The highest BCUT2D eigenvalue weighted by Crippen LogP contribution is 2.11. The van der Waals surface area contributed by atoms with E-state index < -0.39 is 30.9 Å². The Balaban J connectivity index is 2.82. The van der Waals surface area contributed by atoms with Crippen LogP contribution in [0.15, 0.2) is 30.3 Å². The van der Waals surface area contributed by atoms with Gasteiger partial charge in [-0.15, -0.1) is 0 Å². The number of carbonyl (C=O) groups is 2. The molecule has 0 aromatic heterocycles. The van der Waals surface area contributed by atoms with Gasteiger partial charge in [-0.2, -0.15) is 5.06 Å². The largest absolute Gasteiger partial charge is 0.480 e. The number of benzene rings is 1. The lowest BCUT2D eigenvalue weighted by Crippen LogP contribution is -2.51. The number of hydroxylamine groups is 2. The summed E-state index contributed by atoms with van der Waals surface area (Å²) in [6.07, 6.45) is -3.75. The molecule has 0 bridgehead atoms. The van der Waals surface area contributed by atoms with Gasteiger partial charge < -0.3 is 15.3 Å². The van der Waals surface area contributed by atoms with Gasteiger partial charge in [0.1, 0.15) is 19.4 Å². The second-order valence-electron chi connectivity index (χ2n) is 3.87. The maximum absolute atomic E-state index is 12.4. The predicted molar refractivity (Wildman–Crippen MR) is 64.5 cm³/mol. The van der Waals surface area contributed by atoms with Crippen molar-refractivity contribution in [3.05, 3.63) is 35.9 Å². The van der Waals surface area contributed by atoms with Gasteiger partial charge in [0, 0.05) is 0 Å². The van der Waals surface area contributed by atoms with Crippen LogP contribution in [0.25, 0.3) is 0 Å². The van der Waals surface area contributed by atoms with Gasteiger partial charge in [-0.25, -0.2) is 14.0 Å². The predicted octanol–water partition coefficient (Wildman–Crippen LogP) is 0.882. The highest BCUT2D eigenvalue weighted by atomic mass is 19.1. The van der Waals surface area contributed by atoms with Gasteiger partial charge in [0.05, 0.1) is 0 Å². The molecule has 110 valence electrons. The first-order valence-electron chi connectivity index (χ1n) is 5.63. The average Bonchev–Trinajstić information content (AvgIpc) is 2.42. The van der Waals surface area contributed by atoms with Crippen molar-refractivity contribution in [1.29, 1.82) is 0 Å². The van der Waals surface area contributed by atoms with Crippen molar-refractivity contribution in [2.24, 2.45) is 0 Å². The van der Waals surface area contributed by atoms with E-state index in [4.69, 9.17) is 15.1 Å². The van der Waals surface area contributed by atoms with E-state index in [0.717, 1.165) is 0 Å². The van der Waals surface area contributed by atoms with E-state index >= 15 is 0 Å². The lowest BCUT2D eigenvalue weighted by atomic mass is 10.2. The number of hydrogen-bond acceptors (Lipinski definition) is 4. The molecule has 1 amide bonds. The molecular weight excluding hydrogens is 273 g/mol. The summed E-state index contributed by atoms with van der Waals surface area (Å²) >= 11 is 0. The Labute approximate surface area is 113 Å². The van der Waals surface area contributed by atoms with Gasteiger partial charge in [0.25, 0.3) is 0 Å². The standard InChI is InChI=1S/C12H14FNO6/c13-6-9(15)10(11(16)17)14(12(18)19)20-7-8-4-2-1-3-5-8/h1-5,9-10,15H,6-7H2,(H,16,17)(H,18,19)/t9-,10+/m1/s1. The number of alkyl halides is 1. The SMILES string of the molecule is O=C(O)[C@H]([C@H](O)CF)N(OCc1ccccc1)C(=O)O. The molecule has 0 aliphatic rings. The Kier molecular flexibility index (Phi) is 5.88. The van der Waals surface area contributed by atoms with Crippen LogP contribution in [-0.2, 0) is 16.2 Å². The molecule has 0 radical (unpaired) electrons. The second-order valence-corrected chi connectivity index (χ2v) is 3.87. The Hall–Kier alpha value is -2.19. The fourth-order valence-electron chi connectivity index (χ4n) is 1.48. The number of carboxylic acids is 1. The third kappa shape index (κ3) is 4.18. The molecule has 0 aliphatic heterocycles. The molecule has 1 aromatic carbocycles. The molecule has 0 spiro atoms. The van der Waals surface area contributed by atoms with Crippen LogP contribution in [0.2, 0.25) is 0 Å². The van der Waals surface area contributed by atoms with E-state index in [1.165, 1.54) is 0 Å². The third-order valence-corrected chi connectivity index (χ3v) is 2.43. The molecule has 1 rings (SSSR count). The first kappa shape index (κ1) is 15.9. The Morgan fingerprint density at radius 1 is 1.25 bits per heavy atom. The average molecular weight is 287 g/mol. The van der Waals surface area contributed by atoms with E-state index in [-0.39, 0.29) is 11.7 Å². The summed E-state index contributed by atoms with van der Waals surface area (Å²) in [7, 11) is 0. The maximum Gasteiger partial charge on any atom is 0.432 e. The number of hydrogen-bond donors (Lipinski definition) is 3. The number of rotatable bonds is 7. The van der Waals surface area contributed by atoms with Crippen molar-refractivity contribution in [1.82, 2.24) is 5.06 Å². The molecule has 0 saturated carbocycles. The molecule has 0 aliphatic carbocycles. The Morgan fingerprint density at radius 2 is 1.85 bits per heavy atom. The fraction of sp³-hybridized carbons (Fsp3) is 0.333. The summed E-state index contributed by atoms with van der Waals surface area (Å²) in [5, 5.41) is 27.1. The summed E-state index contributed by atoms with van der Waals surface area (Å²) in [6.45, 7) is -1.63. The zero-order valence-corrected chi connectivity index (χ0v) is 10.3. The monoisotopic (exact) mass is 287 g/mol. The molecule has 0 heterocycles. The number of nitrogens with zero attached hydrogens (tertiary/aromatic N) is 1. The van der Waals surface area contributed by atoms with Gasteiger partial charge in [0.15, 0.2) is 6.04 Å². The minimum Gasteiger partial charge on any atom is -0.480 e. The van der Waals surface area contributed by atoms with Crippen LogP contribution in [0.4, 0.5) is 9.18 Å². The zero-order valence-electron chi connectivity index (χ0n) is 10.3. The third-order valence-electron chi connectivity index (χ3n) is 2.43. The topological polar surface area (TPSA) is 107 Å². The lowest BCUT2D eigenvalue weighted by Gasteiger charge is -2.27. The summed E-state index contributed by atoms with van der Waals surface area (Å²) in [5.41, 5.74) is 0.595. The molecule has 7 nitrogen and oxygen atoms in total. The van der Waals surface area contributed by atoms with Crippen molar-refractivity contribution in [3.8, 4) is 0 Å². The summed E-state index contributed by atoms with van der Waals surface area (Å²) in [5.74, 6) is -1.70. The quantitative estimate of drug-likeness (QED) is 0.643. The number of aliphatic hydroxyl groups is 1. The molecule has 0 saturated heterocycles. The highest BCUT2D eigenvalue weighted by Gasteiger charge is 2.37. The van der Waals surface area contributed by atoms with Crippen LogP contribution in [0.1, 0.15) is 5.56 Å². The molecule has 20 heavy (non-hydrogen) atoms. The summed E-state index contributed by atoms with van der Waals surface area (Å²) < 4.78 is 12.4. The van der Waals surface area contributed by atoms with E-state index in [2.05, 4.69) is 0 Å². The van der Waals surface area contributed by atoms with Crippen LogP contribution in [0, 0.1) is 0 Å². The smallest absolute Gasteiger partial charge is 0.432 e. The van der Waals surface area contributed by atoms with Crippen LogP contribution in [0.3, 0.4) is 0 Å². The Bertz CT molecular complexity index is 455. The van der Waals surface area contributed by atoms with Crippen molar-refractivity contribution < 1.29 is 34.1 Å². The molecule has 0 unspecified atom stereocenters. The molecule has 0 fully saturated rings. The number of carboxylic acid groups (broad SMARTS) is 2. The minimum absolute atomic E-state index is 0.0412. The number of halogens is 1. The van der Waals surface area contributed by atoms with E-state index in [0.29, 0.717) is 5.56 Å². The van der Waals surface area contributed by atoms with Gasteiger partial charge in [-0.1, -0.05) is 30.3 Å². The molecule has 8 heteroatoms. The molecular formula is C12H14FNO6. The minimum atomic E-state index is -2.04. The van der Waals surface area contributed by atoms with Crippen molar-refractivity contribution >= 4 is 12.1 Å². The number of amides is 1. The van der Waals surface area contributed by atoms with Gasteiger partial charge in [-0.3, -0.25) is 4.84 Å². The number of aliphatic hydroxyl groups excluding tert-OH is 1. The highest BCUT2D eigenvalue weighted by molar-refractivity contribution is 5.79. The Morgan fingerprint density at radius 3 is 2.30 bits per heavy atom. The molecule has 1 aromatic rings. The normalized spacial score (nSPS) is 13.5. The molecule has 2 atom stereocenters.